The molecular weight excluding hydrogens is 305 g/mol. The Balaban J connectivity index is 1.92. The zero-order valence-corrected chi connectivity index (χ0v) is 12.1. The highest BCUT2D eigenvalue weighted by Crippen LogP contribution is 2.56. The average molecular weight is 318 g/mol. The van der Waals surface area contributed by atoms with Crippen molar-refractivity contribution in [1.82, 2.24) is 0 Å². The van der Waals surface area contributed by atoms with Crippen LogP contribution in [0.2, 0.25) is 0 Å². The summed E-state index contributed by atoms with van der Waals surface area (Å²) in [5, 5.41) is 0. The summed E-state index contributed by atoms with van der Waals surface area (Å²) in [7, 11) is 0. The first-order valence-electron chi connectivity index (χ1n) is 7.37. The standard InChI is InChI=1S/C18H13F3O2/c19-18(20,21)12-6-7-14-13(8-12)15-9-17(14,10-16(22)23-15)11-4-2-1-3-5-11/h1-8,15H,9-10H2/t15-,17-/m1/s1. The fraction of sp³-hybridized carbons (Fsp3) is 0.278. The molecule has 0 spiro atoms. The van der Waals surface area contributed by atoms with E-state index in [-0.39, 0.29) is 12.4 Å². The second kappa shape index (κ2) is 4.60. The lowest BCUT2D eigenvalue weighted by Gasteiger charge is -2.33. The van der Waals surface area contributed by atoms with E-state index < -0.39 is 23.3 Å². The molecule has 2 aromatic rings. The number of halogens is 3. The molecule has 1 fully saturated rings. The van der Waals surface area contributed by atoms with Gasteiger partial charge in [0, 0.05) is 11.8 Å². The molecule has 0 N–H and O–H groups in total. The van der Waals surface area contributed by atoms with Crippen molar-refractivity contribution in [3.8, 4) is 0 Å². The van der Waals surface area contributed by atoms with E-state index in [2.05, 4.69) is 0 Å². The van der Waals surface area contributed by atoms with Gasteiger partial charge in [-0.2, -0.15) is 13.2 Å². The summed E-state index contributed by atoms with van der Waals surface area (Å²) < 4.78 is 44.3. The van der Waals surface area contributed by atoms with Crippen LogP contribution in [-0.4, -0.2) is 5.97 Å². The molecule has 2 aliphatic rings. The first kappa shape index (κ1) is 14.3. The molecule has 5 heteroatoms. The van der Waals surface area contributed by atoms with Gasteiger partial charge in [-0.3, -0.25) is 4.79 Å². The minimum Gasteiger partial charge on any atom is -0.457 e. The maximum atomic E-state index is 13.0. The number of hydrogen-bond acceptors (Lipinski definition) is 2. The number of esters is 1. The van der Waals surface area contributed by atoms with Gasteiger partial charge in [-0.25, -0.2) is 0 Å². The summed E-state index contributed by atoms with van der Waals surface area (Å²) in [6.07, 6.45) is -4.35. The Labute approximate surface area is 130 Å². The number of benzene rings is 2. The molecule has 118 valence electrons. The van der Waals surface area contributed by atoms with Crippen LogP contribution in [-0.2, 0) is 21.1 Å². The number of rotatable bonds is 1. The van der Waals surface area contributed by atoms with Gasteiger partial charge in [-0.1, -0.05) is 36.4 Å². The van der Waals surface area contributed by atoms with E-state index in [0.29, 0.717) is 12.0 Å². The lowest BCUT2D eigenvalue weighted by atomic mass is 9.72. The molecule has 4 rings (SSSR count). The Morgan fingerprint density at radius 3 is 2.52 bits per heavy atom. The summed E-state index contributed by atoms with van der Waals surface area (Å²) in [5.41, 5.74) is 0.908. The van der Waals surface area contributed by atoms with Crippen LogP contribution in [0.15, 0.2) is 48.5 Å². The predicted octanol–water partition coefficient (Wildman–Crippen LogP) is 4.38. The van der Waals surface area contributed by atoms with E-state index in [1.165, 1.54) is 6.07 Å². The van der Waals surface area contributed by atoms with E-state index >= 15 is 0 Å². The van der Waals surface area contributed by atoms with Crippen molar-refractivity contribution >= 4 is 5.97 Å². The Kier molecular flexibility index (Phi) is 2.86. The fourth-order valence-electron chi connectivity index (χ4n) is 3.83. The summed E-state index contributed by atoms with van der Waals surface area (Å²) in [6.45, 7) is 0. The molecule has 1 heterocycles. The predicted molar refractivity (Wildman–Crippen MR) is 76.7 cm³/mol. The summed E-state index contributed by atoms with van der Waals surface area (Å²) in [4.78, 5) is 12.0. The molecule has 1 aliphatic carbocycles. The van der Waals surface area contributed by atoms with Crippen molar-refractivity contribution in [2.45, 2.75) is 30.5 Å². The Bertz CT molecular complexity index is 783. The summed E-state index contributed by atoms with van der Waals surface area (Å²) >= 11 is 0. The number of hydrogen-bond donors (Lipinski definition) is 0. The van der Waals surface area contributed by atoms with E-state index in [4.69, 9.17) is 4.74 Å². The van der Waals surface area contributed by atoms with Crippen molar-refractivity contribution in [2.75, 3.05) is 0 Å². The molecule has 2 atom stereocenters. The first-order valence-corrected chi connectivity index (χ1v) is 7.37. The lowest BCUT2D eigenvalue weighted by molar-refractivity contribution is -0.155. The van der Waals surface area contributed by atoms with Gasteiger partial charge in [0.15, 0.2) is 0 Å². The Morgan fingerprint density at radius 2 is 1.83 bits per heavy atom. The normalized spacial score (nSPS) is 25.9. The van der Waals surface area contributed by atoms with E-state index in [1.807, 2.05) is 30.3 Å². The molecule has 2 nitrogen and oxygen atoms in total. The molecule has 0 radical (unpaired) electrons. The van der Waals surface area contributed by atoms with Crippen LogP contribution >= 0.6 is 0 Å². The third-order valence-corrected chi connectivity index (χ3v) is 4.82. The smallest absolute Gasteiger partial charge is 0.416 e. The first-order chi connectivity index (χ1) is 10.9. The SMILES string of the molecule is O=C1C[C@@]2(c3ccccc3)C[C@@H](O1)c1cc(C(F)(F)F)ccc12. The monoisotopic (exact) mass is 318 g/mol. The maximum Gasteiger partial charge on any atom is 0.416 e. The molecule has 2 bridgehead atoms. The van der Waals surface area contributed by atoms with Crippen LogP contribution in [0.5, 0.6) is 0 Å². The Hall–Kier alpha value is -2.30. The molecule has 1 saturated heterocycles. The van der Waals surface area contributed by atoms with E-state index in [0.717, 1.165) is 23.3 Å². The van der Waals surface area contributed by atoms with Gasteiger partial charge in [0.1, 0.15) is 6.10 Å². The van der Waals surface area contributed by atoms with Crippen molar-refractivity contribution in [3.63, 3.8) is 0 Å². The maximum absolute atomic E-state index is 13.0. The van der Waals surface area contributed by atoms with Gasteiger partial charge in [-0.05, 0) is 28.8 Å². The van der Waals surface area contributed by atoms with Crippen LogP contribution in [0.1, 0.15) is 41.2 Å². The van der Waals surface area contributed by atoms with Gasteiger partial charge in [0.05, 0.1) is 12.0 Å². The number of alkyl halides is 3. The molecule has 1 aliphatic heterocycles. The van der Waals surface area contributed by atoms with Gasteiger partial charge in [-0.15, -0.1) is 0 Å². The van der Waals surface area contributed by atoms with E-state index in [9.17, 15) is 18.0 Å². The number of carbonyl (C=O) groups excluding carboxylic acids is 1. The van der Waals surface area contributed by atoms with Gasteiger partial charge in [0.2, 0.25) is 0 Å². The number of ether oxygens (including phenoxy) is 1. The van der Waals surface area contributed by atoms with Crippen LogP contribution < -0.4 is 0 Å². The number of fused-ring (bicyclic) bond motifs is 5. The summed E-state index contributed by atoms with van der Waals surface area (Å²) in [6, 6.07) is 13.2. The topological polar surface area (TPSA) is 26.3 Å². The van der Waals surface area contributed by atoms with Crippen LogP contribution in [0, 0.1) is 0 Å². The summed E-state index contributed by atoms with van der Waals surface area (Å²) in [5.74, 6) is -0.366. The van der Waals surface area contributed by atoms with Crippen molar-refractivity contribution in [1.29, 1.82) is 0 Å². The van der Waals surface area contributed by atoms with Crippen molar-refractivity contribution in [2.24, 2.45) is 0 Å². The minimum absolute atomic E-state index is 0.159. The molecule has 0 amide bonds. The fourth-order valence-corrected chi connectivity index (χ4v) is 3.83. The molecule has 0 aromatic heterocycles. The molecule has 0 saturated carbocycles. The number of carbonyl (C=O) groups is 1. The van der Waals surface area contributed by atoms with Crippen molar-refractivity contribution in [3.05, 3.63) is 70.8 Å². The molecular formula is C18H13F3O2. The zero-order valence-electron chi connectivity index (χ0n) is 12.1. The Morgan fingerprint density at radius 1 is 1.09 bits per heavy atom. The zero-order chi connectivity index (χ0) is 16.2. The minimum atomic E-state index is -4.41. The quantitative estimate of drug-likeness (QED) is 0.729. The third-order valence-electron chi connectivity index (χ3n) is 4.82. The highest BCUT2D eigenvalue weighted by atomic mass is 19.4. The van der Waals surface area contributed by atoms with Crippen LogP contribution in [0.4, 0.5) is 13.2 Å². The van der Waals surface area contributed by atoms with Crippen LogP contribution in [0.25, 0.3) is 0 Å². The molecule has 23 heavy (non-hydrogen) atoms. The lowest BCUT2D eigenvalue weighted by Crippen LogP contribution is -2.33. The second-order valence-corrected chi connectivity index (χ2v) is 6.11. The van der Waals surface area contributed by atoms with Gasteiger partial charge < -0.3 is 4.74 Å². The second-order valence-electron chi connectivity index (χ2n) is 6.11. The van der Waals surface area contributed by atoms with Crippen molar-refractivity contribution < 1.29 is 22.7 Å². The van der Waals surface area contributed by atoms with Gasteiger partial charge >= 0.3 is 12.1 Å². The largest absolute Gasteiger partial charge is 0.457 e. The molecule has 2 aromatic carbocycles. The highest BCUT2D eigenvalue weighted by Gasteiger charge is 2.52. The average Bonchev–Trinajstić information content (AvgIpc) is 2.76. The molecule has 0 unspecified atom stereocenters. The third kappa shape index (κ3) is 2.06. The van der Waals surface area contributed by atoms with Crippen LogP contribution in [0.3, 0.4) is 0 Å². The highest BCUT2D eigenvalue weighted by molar-refractivity contribution is 5.77. The van der Waals surface area contributed by atoms with E-state index in [1.54, 1.807) is 0 Å². The van der Waals surface area contributed by atoms with Gasteiger partial charge in [0.25, 0.3) is 0 Å².